The molecule has 5 heteroatoms. The summed E-state index contributed by atoms with van der Waals surface area (Å²) >= 11 is 1.37. The molecule has 0 bridgehead atoms. The summed E-state index contributed by atoms with van der Waals surface area (Å²) in [4.78, 5) is 17.7. The number of nitrogens with zero attached hydrogens (tertiary/aromatic N) is 2. The Morgan fingerprint density at radius 2 is 2.00 bits per heavy atom. The molecule has 0 unspecified atom stereocenters. The Morgan fingerprint density at radius 3 is 2.68 bits per heavy atom. The van der Waals surface area contributed by atoms with Gasteiger partial charge in [0, 0.05) is 29.7 Å². The zero-order valence-corrected chi connectivity index (χ0v) is 15.1. The Bertz CT molecular complexity index is 889. The predicted octanol–water partition coefficient (Wildman–Crippen LogP) is 4.84. The summed E-state index contributed by atoms with van der Waals surface area (Å²) in [5, 5.41) is 11.4. The molecule has 1 aromatic heterocycles. The zero-order valence-electron chi connectivity index (χ0n) is 14.3. The number of carbonyl (C=O) groups is 1. The maximum Gasteiger partial charge on any atom is 0.355 e. The number of thiazole rings is 1. The van der Waals surface area contributed by atoms with Gasteiger partial charge in [-0.15, -0.1) is 11.3 Å². The fourth-order valence-electron chi connectivity index (χ4n) is 2.78. The molecule has 0 aliphatic heterocycles. The Hall–Kier alpha value is -2.66. The number of aromatic carboxylic acids is 1. The fourth-order valence-corrected chi connectivity index (χ4v) is 3.63. The summed E-state index contributed by atoms with van der Waals surface area (Å²) in [5.41, 5.74) is 4.64. The average molecular weight is 352 g/mol. The molecule has 3 rings (SSSR count). The lowest BCUT2D eigenvalue weighted by Crippen LogP contribution is -2.22. The normalized spacial score (nSPS) is 10.6. The Labute approximate surface area is 151 Å². The number of aryl methyl sites for hydroxylation is 1. The first-order valence-corrected chi connectivity index (χ1v) is 9.05. The van der Waals surface area contributed by atoms with Crippen LogP contribution >= 0.6 is 11.3 Å². The highest BCUT2D eigenvalue weighted by Crippen LogP contribution is 2.29. The standard InChI is InChI=1S/C20H20N2O2S/c1-3-22(16-9-6-7-14(2)11-16)12-15-8-4-5-10-17(15)19-21-18(13-25-19)20(23)24/h4-11,13H,3,12H2,1-2H3,(H,23,24). The van der Waals surface area contributed by atoms with Gasteiger partial charge in [-0.2, -0.15) is 0 Å². The molecule has 0 aliphatic carbocycles. The van der Waals surface area contributed by atoms with Gasteiger partial charge in [-0.3, -0.25) is 0 Å². The molecule has 1 N–H and O–H groups in total. The molecule has 3 aromatic rings. The van der Waals surface area contributed by atoms with Crippen LogP contribution in [0.1, 0.15) is 28.5 Å². The van der Waals surface area contributed by atoms with Crippen molar-refractivity contribution in [1.29, 1.82) is 0 Å². The van der Waals surface area contributed by atoms with E-state index < -0.39 is 5.97 Å². The van der Waals surface area contributed by atoms with Crippen molar-refractivity contribution in [3.8, 4) is 10.6 Å². The summed E-state index contributed by atoms with van der Waals surface area (Å²) in [5.74, 6) is -0.991. The van der Waals surface area contributed by atoms with Gasteiger partial charge in [0.2, 0.25) is 0 Å². The molecule has 128 valence electrons. The topological polar surface area (TPSA) is 53.4 Å². The molecule has 0 saturated heterocycles. The lowest BCUT2D eigenvalue weighted by Gasteiger charge is -2.24. The smallest absolute Gasteiger partial charge is 0.355 e. The largest absolute Gasteiger partial charge is 0.476 e. The number of rotatable bonds is 6. The molecule has 0 spiro atoms. The maximum absolute atomic E-state index is 11.1. The summed E-state index contributed by atoms with van der Waals surface area (Å²) in [7, 11) is 0. The SMILES string of the molecule is CCN(Cc1ccccc1-c1nc(C(=O)O)cs1)c1cccc(C)c1. The van der Waals surface area contributed by atoms with Crippen LogP contribution in [-0.4, -0.2) is 22.6 Å². The third-order valence-corrected chi connectivity index (χ3v) is 4.96. The van der Waals surface area contributed by atoms with E-state index in [4.69, 9.17) is 5.11 Å². The van der Waals surface area contributed by atoms with Crippen LogP contribution in [0, 0.1) is 6.92 Å². The predicted molar refractivity (Wildman–Crippen MR) is 102 cm³/mol. The molecular weight excluding hydrogens is 332 g/mol. The minimum absolute atomic E-state index is 0.0980. The van der Waals surface area contributed by atoms with Crippen LogP contribution < -0.4 is 4.90 Å². The molecule has 0 aliphatic rings. The van der Waals surface area contributed by atoms with Gasteiger partial charge < -0.3 is 10.0 Å². The lowest BCUT2D eigenvalue weighted by atomic mass is 10.1. The maximum atomic E-state index is 11.1. The zero-order chi connectivity index (χ0) is 17.8. The Morgan fingerprint density at radius 1 is 1.20 bits per heavy atom. The third-order valence-electron chi connectivity index (χ3n) is 4.08. The molecule has 25 heavy (non-hydrogen) atoms. The van der Waals surface area contributed by atoms with E-state index in [1.165, 1.54) is 22.6 Å². The van der Waals surface area contributed by atoms with Crippen molar-refractivity contribution in [2.45, 2.75) is 20.4 Å². The van der Waals surface area contributed by atoms with Crippen LogP contribution in [0.2, 0.25) is 0 Å². The number of carboxylic acids is 1. The van der Waals surface area contributed by atoms with E-state index in [1.807, 2.05) is 18.2 Å². The number of hydrogen-bond acceptors (Lipinski definition) is 4. The molecule has 0 amide bonds. The Balaban J connectivity index is 1.93. The summed E-state index contributed by atoms with van der Waals surface area (Å²) in [6.45, 7) is 5.86. The van der Waals surface area contributed by atoms with Gasteiger partial charge in [0.25, 0.3) is 0 Å². The minimum Gasteiger partial charge on any atom is -0.476 e. The summed E-state index contributed by atoms with van der Waals surface area (Å²) in [6, 6.07) is 16.5. The second kappa shape index (κ2) is 7.49. The van der Waals surface area contributed by atoms with E-state index in [1.54, 1.807) is 5.38 Å². The van der Waals surface area contributed by atoms with Gasteiger partial charge in [-0.25, -0.2) is 9.78 Å². The van der Waals surface area contributed by atoms with Crippen molar-refractivity contribution in [3.63, 3.8) is 0 Å². The van der Waals surface area contributed by atoms with E-state index in [2.05, 4.69) is 54.1 Å². The molecule has 0 atom stereocenters. The molecule has 0 saturated carbocycles. The van der Waals surface area contributed by atoms with Crippen LogP contribution in [-0.2, 0) is 6.54 Å². The van der Waals surface area contributed by atoms with Gasteiger partial charge in [0.05, 0.1) is 0 Å². The van der Waals surface area contributed by atoms with Crippen molar-refractivity contribution in [2.24, 2.45) is 0 Å². The third kappa shape index (κ3) is 3.88. The van der Waals surface area contributed by atoms with Gasteiger partial charge >= 0.3 is 5.97 Å². The summed E-state index contributed by atoms with van der Waals surface area (Å²) in [6.07, 6.45) is 0. The molecule has 2 aromatic carbocycles. The van der Waals surface area contributed by atoms with E-state index in [0.29, 0.717) is 0 Å². The molecule has 0 fully saturated rings. The number of anilines is 1. The summed E-state index contributed by atoms with van der Waals surface area (Å²) < 4.78 is 0. The first-order valence-electron chi connectivity index (χ1n) is 8.17. The fraction of sp³-hybridized carbons (Fsp3) is 0.200. The quantitative estimate of drug-likeness (QED) is 0.689. The van der Waals surface area contributed by atoms with Crippen molar-refractivity contribution in [3.05, 3.63) is 70.7 Å². The number of aromatic nitrogens is 1. The minimum atomic E-state index is -0.991. The van der Waals surface area contributed by atoms with E-state index in [-0.39, 0.29) is 5.69 Å². The van der Waals surface area contributed by atoms with Crippen molar-refractivity contribution in [1.82, 2.24) is 4.98 Å². The molecular formula is C20H20N2O2S. The highest BCUT2D eigenvalue weighted by atomic mass is 32.1. The van der Waals surface area contributed by atoms with E-state index in [0.717, 1.165) is 29.2 Å². The second-order valence-electron chi connectivity index (χ2n) is 5.85. The Kier molecular flexibility index (Phi) is 5.14. The molecule has 4 nitrogen and oxygen atoms in total. The van der Waals surface area contributed by atoms with Crippen LogP contribution in [0.25, 0.3) is 10.6 Å². The first kappa shape index (κ1) is 17.2. The van der Waals surface area contributed by atoms with Crippen LogP contribution in [0.4, 0.5) is 5.69 Å². The van der Waals surface area contributed by atoms with E-state index >= 15 is 0 Å². The van der Waals surface area contributed by atoms with Crippen molar-refractivity contribution >= 4 is 23.0 Å². The highest BCUT2D eigenvalue weighted by Gasteiger charge is 2.14. The van der Waals surface area contributed by atoms with Crippen molar-refractivity contribution < 1.29 is 9.90 Å². The van der Waals surface area contributed by atoms with Gasteiger partial charge in [-0.1, -0.05) is 36.4 Å². The first-order chi connectivity index (χ1) is 12.1. The van der Waals surface area contributed by atoms with E-state index in [9.17, 15) is 4.79 Å². The van der Waals surface area contributed by atoms with Gasteiger partial charge in [0.1, 0.15) is 5.01 Å². The average Bonchev–Trinajstić information content (AvgIpc) is 3.10. The molecule has 1 heterocycles. The van der Waals surface area contributed by atoms with Gasteiger partial charge in [-0.05, 0) is 37.1 Å². The monoisotopic (exact) mass is 352 g/mol. The van der Waals surface area contributed by atoms with Crippen LogP contribution in [0.3, 0.4) is 0 Å². The van der Waals surface area contributed by atoms with Gasteiger partial charge in [0.15, 0.2) is 5.69 Å². The molecule has 0 radical (unpaired) electrons. The van der Waals surface area contributed by atoms with Crippen LogP contribution in [0.15, 0.2) is 53.9 Å². The highest BCUT2D eigenvalue weighted by molar-refractivity contribution is 7.13. The number of benzene rings is 2. The number of hydrogen-bond donors (Lipinski definition) is 1. The second-order valence-corrected chi connectivity index (χ2v) is 6.71. The van der Waals surface area contributed by atoms with Crippen LogP contribution in [0.5, 0.6) is 0 Å². The lowest BCUT2D eigenvalue weighted by molar-refractivity contribution is 0.0691. The number of carboxylic acid groups (broad SMARTS) is 1. The van der Waals surface area contributed by atoms with Crippen molar-refractivity contribution in [2.75, 3.05) is 11.4 Å².